The van der Waals surface area contributed by atoms with Gasteiger partial charge in [-0.15, -0.1) is 11.3 Å². The van der Waals surface area contributed by atoms with Gasteiger partial charge in [0.1, 0.15) is 60.1 Å². The van der Waals surface area contributed by atoms with Gasteiger partial charge in [0.05, 0.1) is 16.1 Å². The Balaban J connectivity index is 1.20. The zero-order valence-electron chi connectivity index (χ0n) is 31.6. The standard InChI is InChI=1S/C41H40ClF4N7O4S/c1-25-30(11-12-33(36(25)42)56-20-19-52-17-15-51(2)16-18-52)34-35-38(47-24-48-39(35)58-37(34)26-7-9-28(43)10-8-26)50-31(40(54)55)21-27-5-3-4-6-32(27)57-22-29-13-14-49-53(29)23-41(44,45)46/h3-14,24,31H,15-23H2,1-2H3,(H,54,55)(H,47,48,50). The highest BCUT2D eigenvalue weighted by Gasteiger charge is 2.30. The molecule has 3 aromatic heterocycles. The lowest BCUT2D eigenvalue weighted by Crippen LogP contribution is -2.45. The number of thiophene rings is 1. The number of hydrogen-bond acceptors (Lipinski definition) is 10. The molecule has 6 aromatic rings. The maximum Gasteiger partial charge on any atom is 0.408 e. The first kappa shape index (κ1) is 40.9. The maximum atomic E-state index is 14.1. The number of rotatable bonds is 15. The zero-order valence-corrected chi connectivity index (χ0v) is 33.2. The van der Waals surface area contributed by atoms with Gasteiger partial charge in [0.2, 0.25) is 0 Å². The monoisotopic (exact) mass is 837 g/mol. The second-order valence-electron chi connectivity index (χ2n) is 14.0. The van der Waals surface area contributed by atoms with E-state index in [2.05, 4.69) is 37.2 Å². The van der Waals surface area contributed by atoms with Gasteiger partial charge in [-0.1, -0.05) is 48.0 Å². The van der Waals surface area contributed by atoms with Gasteiger partial charge < -0.3 is 24.8 Å². The van der Waals surface area contributed by atoms with E-state index in [4.69, 9.17) is 21.1 Å². The number of nitrogens with zero attached hydrogens (tertiary/aromatic N) is 6. The molecule has 17 heteroatoms. The third-order valence-electron chi connectivity index (χ3n) is 9.99. The Morgan fingerprint density at radius 2 is 1.76 bits per heavy atom. The maximum absolute atomic E-state index is 14.1. The fourth-order valence-corrected chi connectivity index (χ4v) is 8.23. The predicted molar refractivity (Wildman–Crippen MR) is 215 cm³/mol. The van der Waals surface area contributed by atoms with E-state index in [0.717, 1.165) is 47.8 Å². The van der Waals surface area contributed by atoms with Crippen molar-refractivity contribution in [3.8, 4) is 33.1 Å². The molecule has 1 atom stereocenters. The van der Waals surface area contributed by atoms with E-state index in [0.29, 0.717) is 55.6 Å². The highest BCUT2D eigenvalue weighted by Crippen LogP contribution is 2.49. The average Bonchev–Trinajstić information content (AvgIpc) is 3.80. The van der Waals surface area contributed by atoms with Crippen LogP contribution in [0.25, 0.3) is 31.8 Å². The van der Waals surface area contributed by atoms with Gasteiger partial charge >= 0.3 is 12.1 Å². The van der Waals surface area contributed by atoms with Gasteiger partial charge in [-0.2, -0.15) is 18.3 Å². The number of aromatic nitrogens is 4. The van der Waals surface area contributed by atoms with Crippen molar-refractivity contribution in [3.05, 3.63) is 107 Å². The summed E-state index contributed by atoms with van der Waals surface area (Å²) < 4.78 is 66.4. The number of aliphatic carboxylic acids is 1. The van der Waals surface area contributed by atoms with Crippen LogP contribution < -0.4 is 14.8 Å². The molecular weight excluding hydrogens is 798 g/mol. The van der Waals surface area contributed by atoms with E-state index in [1.165, 1.54) is 42.1 Å². The molecule has 1 aliphatic rings. The molecule has 0 radical (unpaired) electrons. The first-order valence-electron chi connectivity index (χ1n) is 18.5. The van der Waals surface area contributed by atoms with Crippen LogP contribution in [0.2, 0.25) is 5.02 Å². The molecule has 2 N–H and O–H groups in total. The molecule has 1 saturated heterocycles. The zero-order chi connectivity index (χ0) is 41.0. The van der Waals surface area contributed by atoms with E-state index in [-0.39, 0.29) is 24.5 Å². The third kappa shape index (κ3) is 9.52. The fourth-order valence-electron chi connectivity index (χ4n) is 6.85. The number of piperazine rings is 1. The summed E-state index contributed by atoms with van der Waals surface area (Å²) in [5, 5.41) is 18.4. The van der Waals surface area contributed by atoms with Gasteiger partial charge in [-0.05, 0) is 66.6 Å². The molecule has 0 bridgehead atoms. The molecule has 0 amide bonds. The van der Waals surface area contributed by atoms with Gasteiger partial charge in [-0.25, -0.2) is 19.2 Å². The van der Waals surface area contributed by atoms with Crippen LogP contribution in [-0.4, -0.2) is 99.2 Å². The van der Waals surface area contributed by atoms with Crippen LogP contribution in [0.3, 0.4) is 0 Å². The smallest absolute Gasteiger partial charge is 0.408 e. The minimum absolute atomic E-state index is 0.0753. The largest absolute Gasteiger partial charge is 0.491 e. The van der Waals surface area contributed by atoms with Crippen molar-refractivity contribution in [2.24, 2.45) is 0 Å². The summed E-state index contributed by atoms with van der Waals surface area (Å²) in [6.45, 7) is 5.53. The van der Waals surface area contributed by atoms with Crippen LogP contribution in [-0.2, 0) is 24.4 Å². The number of nitrogens with one attached hydrogen (secondary N) is 1. The third-order valence-corrected chi connectivity index (χ3v) is 11.6. The Kier molecular flexibility index (Phi) is 12.5. The Bertz CT molecular complexity index is 2380. The lowest BCUT2D eigenvalue weighted by Gasteiger charge is -2.32. The first-order chi connectivity index (χ1) is 27.8. The molecule has 0 spiro atoms. The molecule has 0 aliphatic carbocycles. The lowest BCUT2D eigenvalue weighted by atomic mass is 9.95. The lowest BCUT2D eigenvalue weighted by molar-refractivity contribution is -0.143. The number of carboxylic acid groups (broad SMARTS) is 1. The number of carboxylic acids is 1. The number of para-hydroxylation sites is 1. The Morgan fingerprint density at radius 3 is 2.50 bits per heavy atom. The summed E-state index contributed by atoms with van der Waals surface area (Å²) in [6, 6.07) is 16.7. The Morgan fingerprint density at radius 1 is 1.00 bits per heavy atom. The van der Waals surface area contributed by atoms with Crippen LogP contribution >= 0.6 is 22.9 Å². The van der Waals surface area contributed by atoms with Crippen molar-refractivity contribution in [1.82, 2.24) is 29.5 Å². The first-order valence-corrected chi connectivity index (χ1v) is 19.7. The van der Waals surface area contributed by atoms with E-state index >= 15 is 0 Å². The minimum atomic E-state index is -4.47. The van der Waals surface area contributed by atoms with Crippen molar-refractivity contribution in [1.29, 1.82) is 0 Å². The molecule has 11 nitrogen and oxygen atoms in total. The van der Waals surface area contributed by atoms with Crippen molar-refractivity contribution < 1.29 is 36.9 Å². The van der Waals surface area contributed by atoms with Gasteiger partial charge in [0.15, 0.2) is 0 Å². The van der Waals surface area contributed by atoms with E-state index in [1.54, 1.807) is 36.4 Å². The SMILES string of the molecule is Cc1c(-c2c(-c3ccc(F)cc3)sc3ncnc(NC(Cc4ccccc4OCc4ccnn4CC(F)(F)F)C(=O)O)c23)ccc(OCCN2CCN(C)CC2)c1Cl. The molecule has 3 aromatic carbocycles. The number of fused-ring (bicyclic) bond motifs is 1. The van der Waals surface area contributed by atoms with Gasteiger partial charge in [0, 0.05) is 55.8 Å². The van der Waals surface area contributed by atoms with Crippen molar-refractivity contribution in [2.45, 2.75) is 38.7 Å². The molecule has 304 valence electrons. The second-order valence-corrected chi connectivity index (χ2v) is 15.4. The second kappa shape index (κ2) is 17.7. The van der Waals surface area contributed by atoms with E-state index in [9.17, 15) is 27.5 Å². The Labute approximate surface area is 340 Å². The summed E-state index contributed by atoms with van der Waals surface area (Å²) in [5.74, 6) is -0.501. The minimum Gasteiger partial charge on any atom is -0.491 e. The highest BCUT2D eigenvalue weighted by atomic mass is 35.5. The Hall–Kier alpha value is -5.29. The van der Waals surface area contributed by atoms with Crippen molar-refractivity contribution in [3.63, 3.8) is 0 Å². The van der Waals surface area contributed by atoms with Crippen molar-refractivity contribution >= 4 is 44.9 Å². The summed E-state index contributed by atoms with van der Waals surface area (Å²) >= 11 is 8.36. The molecule has 1 aliphatic heterocycles. The summed E-state index contributed by atoms with van der Waals surface area (Å²) in [5.41, 5.74) is 3.54. The predicted octanol–water partition coefficient (Wildman–Crippen LogP) is 8.20. The summed E-state index contributed by atoms with van der Waals surface area (Å²) in [4.78, 5) is 27.9. The number of hydrogen-bond donors (Lipinski definition) is 2. The average molecular weight is 838 g/mol. The van der Waals surface area contributed by atoms with Gasteiger partial charge in [0.25, 0.3) is 0 Å². The molecule has 58 heavy (non-hydrogen) atoms. The molecule has 0 saturated carbocycles. The van der Waals surface area contributed by atoms with E-state index < -0.39 is 30.5 Å². The van der Waals surface area contributed by atoms with Crippen LogP contribution in [0.15, 0.2) is 79.3 Å². The van der Waals surface area contributed by atoms with E-state index in [1.807, 2.05) is 19.1 Å². The highest BCUT2D eigenvalue weighted by molar-refractivity contribution is 7.22. The summed E-state index contributed by atoms with van der Waals surface area (Å²) in [7, 11) is 2.11. The number of benzene rings is 3. The quantitative estimate of drug-likeness (QED) is 0.0981. The van der Waals surface area contributed by atoms with Crippen LogP contribution in [0, 0.1) is 12.7 Å². The summed E-state index contributed by atoms with van der Waals surface area (Å²) in [6.07, 6.45) is -1.94. The number of likely N-dealkylation sites (N-methyl/N-ethyl adjacent to an activating group) is 1. The molecule has 1 unspecified atom stereocenters. The molecular formula is C41H40ClF4N7O4S. The van der Waals surface area contributed by atoms with Gasteiger partial charge in [-0.3, -0.25) is 9.58 Å². The number of anilines is 1. The molecule has 4 heterocycles. The molecule has 7 rings (SSSR count). The normalized spacial score (nSPS) is 14.5. The number of ether oxygens (including phenoxy) is 2. The fraction of sp³-hybridized carbons (Fsp3) is 0.317. The number of halogens is 5. The number of alkyl halides is 3. The van der Waals surface area contributed by atoms with Crippen LogP contribution in [0.5, 0.6) is 11.5 Å². The number of carbonyl (C=O) groups is 1. The topological polar surface area (TPSA) is 118 Å². The van der Waals surface area contributed by atoms with Crippen molar-refractivity contribution in [2.75, 3.05) is 51.7 Å². The van der Waals surface area contributed by atoms with Crippen LogP contribution in [0.4, 0.5) is 23.4 Å². The molecule has 1 fully saturated rings. The van der Waals surface area contributed by atoms with Crippen LogP contribution in [0.1, 0.15) is 16.8 Å².